The van der Waals surface area contributed by atoms with Crippen molar-refractivity contribution in [3.05, 3.63) is 51.9 Å². The molecule has 0 aliphatic carbocycles. The summed E-state index contributed by atoms with van der Waals surface area (Å²) in [5, 5.41) is 23.1. The van der Waals surface area contributed by atoms with Gasteiger partial charge in [-0.2, -0.15) is 0 Å². The first-order chi connectivity index (χ1) is 9.09. The fraction of sp³-hybridized carbons (Fsp3) is 0.0909. The summed E-state index contributed by atoms with van der Waals surface area (Å²) in [5.74, 6) is -0.804. The van der Waals surface area contributed by atoms with Gasteiger partial charge < -0.3 is 9.63 Å². The SMILES string of the molecule is O=C(O)c1cnoc1CSc1ccccc1[N+](=O)[O-]. The quantitative estimate of drug-likeness (QED) is 0.509. The standard InChI is InChI=1S/C11H8N2O5S/c14-11(15)7-5-12-18-9(7)6-19-10-4-2-1-3-8(10)13(16)17/h1-5H,6H2,(H,14,15). The number of carbonyl (C=O) groups is 1. The van der Waals surface area contributed by atoms with E-state index in [4.69, 9.17) is 9.63 Å². The van der Waals surface area contributed by atoms with Gasteiger partial charge >= 0.3 is 5.97 Å². The molecule has 0 aliphatic heterocycles. The van der Waals surface area contributed by atoms with E-state index >= 15 is 0 Å². The summed E-state index contributed by atoms with van der Waals surface area (Å²) >= 11 is 1.13. The number of aromatic carboxylic acids is 1. The number of aromatic nitrogens is 1. The highest BCUT2D eigenvalue weighted by Gasteiger charge is 2.18. The lowest BCUT2D eigenvalue weighted by Crippen LogP contribution is -1.98. The average Bonchev–Trinajstić information content (AvgIpc) is 2.85. The fourth-order valence-electron chi connectivity index (χ4n) is 1.42. The van der Waals surface area contributed by atoms with Crippen LogP contribution in [0.2, 0.25) is 0 Å². The van der Waals surface area contributed by atoms with Crippen molar-refractivity contribution in [3.63, 3.8) is 0 Å². The van der Waals surface area contributed by atoms with Gasteiger partial charge in [-0.25, -0.2) is 4.79 Å². The largest absolute Gasteiger partial charge is 0.478 e. The van der Waals surface area contributed by atoms with Gasteiger partial charge in [0, 0.05) is 6.07 Å². The van der Waals surface area contributed by atoms with Gasteiger partial charge in [0.1, 0.15) is 5.56 Å². The van der Waals surface area contributed by atoms with Gasteiger partial charge in [0.05, 0.1) is 21.8 Å². The predicted molar refractivity (Wildman–Crippen MR) is 66.1 cm³/mol. The van der Waals surface area contributed by atoms with Crippen LogP contribution in [0.1, 0.15) is 16.1 Å². The molecule has 19 heavy (non-hydrogen) atoms. The van der Waals surface area contributed by atoms with Crippen LogP contribution in [0.3, 0.4) is 0 Å². The number of thioether (sulfide) groups is 1. The smallest absolute Gasteiger partial charge is 0.341 e. The van der Waals surface area contributed by atoms with Crippen LogP contribution in [0.25, 0.3) is 0 Å². The summed E-state index contributed by atoms with van der Waals surface area (Å²) < 4.78 is 4.83. The summed E-state index contributed by atoms with van der Waals surface area (Å²) in [6.07, 6.45) is 1.11. The molecule has 1 aromatic heterocycles. The Kier molecular flexibility index (Phi) is 3.81. The number of carboxylic acid groups (broad SMARTS) is 1. The monoisotopic (exact) mass is 280 g/mol. The summed E-state index contributed by atoms with van der Waals surface area (Å²) in [7, 11) is 0. The molecule has 98 valence electrons. The van der Waals surface area contributed by atoms with E-state index in [-0.39, 0.29) is 22.8 Å². The highest BCUT2D eigenvalue weighted by molar-refractivity contribution is 7.98. The molecule has 1 N–H and O–H groups in total. The van der Waals surface area contributed by atoms with Crippen molar-refractivity contribution in [3.8, 4) is 0 Å². The molecular weight excluding hydrogens is 272 g/mol. The summed E-state index contributed by atoms with van der Waals surface area (Å²) in [5.41, 5.74) is -0.0602. The molecule has 0 unspecified atom stereocenters. The zero-order valence-corrected chi connectivity index (χ0v) is 10.3. The first-order valence-corrected chi connectivity index (χ1v) is 6.11. The van der Waals surface area contributed by atoms with E-state index in [0.717, 1.165) is 18.0 Å². The molecule has 0 saturated heterocycles. The molecule has 8 heteroatoms. The van der Waals surface area contributed by atoms with E-state index in [1.165, 1.54) is 6.07 Å². The molecule has 1 heterocycles. The third kappa shape index (κ3) is 2.91. The van der Waals surface area contributed by atoms with Gasteiger partial charge in [-0.1, -0.05) is 17.3 Å². The molecule has 2 rings (SSSR count). The Bertz CT molecular complexity index is 625. The predicted octanol–water partition coefficient (Wildman–Crippen LogP) is 2.57. The number of benzene rings is 1. The first-order valence-electron chi connectivity index (χ1n) is 5.12. The van der Waals surface area contributed by atoms with Gasteiger partial charge in [0.25, 0.3) is 5.69 Å². The number of carboxylic acids is 1. The Morgan fingerprint density at radius 2 is 2.21 bits per heavy atom. The van der Waals surface area contributed by atoms with Crippen molar-refractivity contribution in [2.75, 3.05) is 0 Å². The lowest BCUT2D eigenvalue weighted by atomic mass is 10.3. The van der Waals surface area contributed by atoms with Crippen molar-refractivity contribution in [2.24, 2.45) is 0 Å². The maximum atomic E-state index is 10.9. The van der Waals surface area contributed by atoms with Crippen LogP contribution in [0.5, 0.6) is 0 Å². The third-order valence-electron chi connectivity index (χ3n) is 2.30. The van der Waals surface area contributed by atoms with Crippen LogP contribution in [0, 0.1) is 10.1 Å². The van der Waals surface area contributed by atoms with E-state index in [2.05, 4.69) is 5.16 Å². The molecule has 0 bridgehead atoms. The van der Waals surface area contributed by atoms with E-state index in [9.17, 15) is 14.9 Å². The molecule has 0 amide bonds. The van der Waals surface area contributed by atoms with Gasteiger partial charge in [0.15, 0.2) is 5.76 Å². The second kappa shape index (κ2) is 5.53. The summed E-state index contributed by atoms with van der Waals surface area (Å²) in [6.45, 7) is 0. The van der Waals surface area contributed by atoms with Gasteiger partial charge in [-0.3, -0.25) is 10.1 Å². The minimum Gasteiger partial charge on any atom is -0.478 e. The topological polar surface area (TPSA) is 106 Å². The van der Waals surface area contributed by atoms with E-state index in [1.54, 1.807) is 18.2 Å². The minimum atomic E-state index is -1.14. The second-order valence-corrected chi connectivity index (χ2v) is 4.50. The second-order valence-electron chi connectivity index (χ2n) is 3.48. The van der Waals surface area contributed by atoms with E-state index < -0.39 is 10.9 Å². The highest BCUT2D eigenvalue weighted by Crippen LogP contribution is 2.31. The van der Waals surface area contributed by atoms with Crippen molar-refractivity contribution in [2.45, 2.75) is 10.6 Å². The number of hydrogen-bond donors (Lipinski definition) is 1. The Morgan fingerprint density at radius 1 is 1.47 bits per heavy atom. The van der Waals surface area contributed by atoms with Crippen LogP contribution in [0.15, 0.2) is 39.9 Å². The first kappa shape index (κ1) is 13.1. The molecule has 0 atom stereocenters. The normalized spacial score (nSPS) is 10.3. The number of hydrogen-bond acceptors (Lipinski definition) is 6. The van der Waals surface area contributed by atoms with Crippen LogP contribution in [-0.4, -0.2) is 21.2 Å². The van der Waals surface area contributed by atoms with Crippen molar-refractivity contribution < 1.29 is 19.3 Å². The van der Waals surface area contributed by atoms with Crippen molar-refractivity contribution >= 4 is 23.4 Å². The van der Waals surface area contributed by atoms with E-state index in [0.29, 0.717) is 4.90 Å². The molecule has 0 radical (unpaired) electrons. The van der Waals surface area contributed by atoms with Gasteiger partial charge in [0.2, 0.25) is 0 Å². The summed E-state index contributed by atoms with van der Waals surface area (Å²) in [6, 6.07) is 6.23. The van der Waals surface area contributed by atoms with Gasteiger partial charge in [-0.05, 0) is 6.07 Å². The maximum Gasteiger partial charge on any atom is 0.341 e. The van der Waals surface area contributed by atoms with Crippen molar-refractivity contribution in [1.82, 2.24) is 5.16 Å². The molecular formula is C11H8N2O5S. The lowest BCUT2D eigenvalue weighted by molar-refractivity contribution is -0.387. The molecule has 0 fully saturated rings. The Labute approximate surface area is 111 Å². The number of nitrogens with zero attached hydrogens (tertiary/aromatic N) is 2. The third-order valence-corrected chi connectivity index (χ3v) is 3.36. The molecule has 2 aromatic rings. The molecule has 0 saturated carbocycles. The van der Waals surface area contributed by atoms with E-state index in [1.807, 2.05) is 0 Å². The highest BCUT2D eigenvalue weighted by atomic mass is 32.2. The van der Waals surface area contributed by atoms with Crippen LogP contribution in [0.4, 0.5) is 5.69 Å². The fourth-order valence-corrected chi connectivity index (χ4v) is 2.38. The molecule has 0 spiro atoms. The van der Waals surface area contributed by atoms with Crippen molar-refractivity contribution in [1.29, 1.82) is 0 Å². The maximum absolute atomic E-state index is 10.9. The zero-order valence-electron chi connectivity index (χ0n) is 9.48. The van der Waals surface area contributed by atoms with Crippen LogP contribution >= 0.6 is 11.8 Å². The molecule has 0 aliphatic rings. The van der Waals surface area contributed by atoms with Crippen LogP contribution in [-0.2, 0) is 5.75 Å². The zero-order chi connectivity index (χ0) is 13.8. The Morgan fingerprint density at radius 3 is 2.89 bits per heavy atom. The molecule has 1 aromatic carbocycles. The van der Waals surface area contributed by atoms with Gasteiger partial charge in [-0.15, -0.1) is 11.8 Å². The number of para-hydroxylation sites is 1. The minimum absolute atomic E-state index is 0.0242. The Balaban J connectivity index is 2.17. The Hall–Kier alpha value is -2.35. The number of rotatable bonds is 5. The number of nitro benzene ring substituents is 1. The average molecular weight is 280 g/mol. The number of nitro groups is 1. The summed E-state index contributed by atoms with van der Waals surface area (Å²) in [4.78, 5) is 21.6. The molecule has 7 nitrogen and oxygen atoms in total. The van der Waals surface area contributed by atoms with Crippen LogP contribution < -0.4 is 0 Å². The lowest BCUT2D eigenvalue weighted by Gasteiger charge is -2.01.